The van der Waals surface area contributed by atoms with Crippen LogP contribution in [0.3, 0.4) is 0 Å². The molecular formula is C13H12N2O4. The fourth-order valence-electron chi connectivity index (χ4n) is 1.89. The number of carboxylic acid groups (broad SMARTS) is 1. The first-order valence-corrected chi connectivity index (χ1v) is 5.75. The molecule has 1 N–H and O–H groups in total. The maximum absolute atomic E-state index is 12.2. The lowest BCUT2D eigenvalue weighted by molar-refractivity contribution is -0.154. The number of nitriles is 1. The molecule has 0 aliphatic carbocycles. The van der Waals surface area contributed by atoms with Crippen LogP contribution in [0.4, 0.5) is 0 Å². The average molecular weight is 260 g/mol. The molecular weight excluding hydrogens is 248 g/mol. The minimum atomic E-state index is -1.08. The molecule has 0 radical (unpaired) electrons. The molecule has 19 heavy (non-hydrogen) atoms. The number of benzene rings is 1. The highest BCUT2D eigenvalue weighted by Crippen LogP contribution is 2.12. The molecule has 1 amide bonds. The average Bonchev–Trinajstić information content (AvgIpc) is 2.46. The molecule has 1 saturated heterocycles. The maximum atomic E-state index is 12.2. The number of amides is 1. The van der Waals surface area contributed by atoms with Crippen LogP contribution in [0.5, 0.6) is 0 Å². The van der Waals surface area contributed by atoms with Crippen LogP contribution in [-0.4, -0.2) is 47.7 Å². The van der Waals surface area contributed by atoms with Crippen LogP contribution >= 0.6 is 0 Å². The highest BCUT2D eigenvalue weighted by Gasteiger charge is 2.29. The number of aliphatic carboxylic acids is 1. The summed E-state index contributed by atoms with van der Waals surface area (Å²) in [7, 11) is 0. The van der Waals surface area contributed by atoms with Gasteiger partial charge in [0.15, 0.2) is 6.10 Å². The molecule has 1 unspecified atom stereocenters. The van der Waals surface area contributed by atoms with Crippen molar-refractivity contribution in [2.75, 3.05) is 19.7 Å². The molecule has 1 heterocycles. The topological polar surface area (TPSA) is 90.6 Å². The van der Waals surface area contributed by atoms with E-state index in [4.69, 9.17) is 15.1 Å². The largest absolute Gasteiger partial charge is 0.479 e. The van der Waals surface area contributed by atoms with Gasteiger partial charge in [-0.1, -0.05) is 6.07 Å². The quantitative estimate of drug-likeness (QED) is 0.835. The Balaban J connectivity index is 2.15. The van der Waals surface area contributed by atoms with E-state index in [2.05, 4.69) is 0 Å². The molecule has 6 nitrogen and oxygen atoms in total. The van der Waals surface area contributed by atoms with Crippen LogP contribution in [0.15, 0.2) is 24.3 Å². The van der Waals surface area contributed by atoms with Gasteiger partial charge in [-0.15, -0.1) is 0 Å². The Morgan fingerprint density at radius 1 is 1.47 bits per heavy atom. The molecule has 1 atom stereocenters. The van der Waals surface area contributed by atoms with Gasteiger partial charge in [-0.2, -0.15) is 5.26 Å². The number of ether oxygens (including phenoxy) is 1. The smallest absolute Gasteiger partial charge is 0.334 e. The van der Waals surface area contributed by atoms with Gasteiger partial charge in [-0.05, 0) is 18.2 Å². The van der Waals surface area contributed by atoms with E-state index in [9.17, 15) is 9.59 Å². The number of nitrogens with zero attached hydrogens (tertiary/aromatic N) is 2. The third kappa shape index (κ3) is 2.89. The number of hydrogen-bond donors (Lipinski definition) is 1. The van der Waals surface area contributed by atoms with E-state index in [1.54, 1.807) is 18.2 Å². The van der Waals surface area contributed by atoms with Crippen molar-refractivity contribution in [2.45, 2.75) is 6.10 Å². The Bertz CT molecular complexity index is 550. The summed E-state index contributed by atoms with van der Waals surface area (Å²) in [5.74, 6) is -1.37. The van der Waals surface area contributed by atoms with Crippen LogP contribution in [0.2, 0.25) is 0 Å². The zero-order valence-corrected chi connectivity index (χ0v) is 10.1. The van der Waals surface area contributed by atoms with Crippen molar-refractivity contribution in [2.24, 2.45) is 0 Å². The lowest BCUT2D eigenvalue weighted by Crippen LogP contribution is -2.48. The van der Waals surface area contributed by atoms with Crippen LogP contribution in [0.25, 0.3) is 0 Å². The van der Waals surface area contributed by atoms with E-state index in [0.29, 0.717) is 17.7 Å². The Morgan fingerprint density at radius 2 is 2.26 bits per heavy atom. The summed E-state index contributed by atoms with van der Waals surface area (Å²) in [6, 6.07) is 8.29. The van der Waals surface area contributed by atoms with Crippen molar-refractivity contribution < 1.29 is 19.4 Å². The van der Waals surface area contributed by atoms with Gasteiger partial charge in [-0.3, -0.25) is 4.79 Å². The minimum absolute atomic E-state index is 0.0188. The van der Waals surface area contributed by atoms with Gasteiger partial charge in [0.2, 0.25) is 0 Å². The third-order valence-electron chi connectivity index (χ3n) is 2.87. The second kappa shape index (κ2) is 5.50. The van der Waals surface area contributed by atoms with E-state index in [0.717, 1.165) is 0 Å². The van der Waals surface area contributed by atoms with Crippen LogP contribution in [0.1, 0.15) is 15.9 Å². The second-order valence-corrected chi connectivity index (χ2v) is 4.14. The monoisotopic (exact) mass is 260 g/mol. The third-order valence-corrected chi connectivity index (χ3v) is 2.87. The van der Waals surface area contributed by atoms with Gasteiger partial charge in [0.25, 0.3) is 5.91 Å². The lowest BCUT2D eigenvalue weighted by Gasteiger charge is -2.30. The van der Waals surface area contributed by atoms with Crippen LogP contribution < -0.4 is 0 Å². The first kappa shape index (κ1) is 13.1. The van der Waals surface area contributed by atoms with Crippen molar-refractivity contribution in [3.05, 3.63) is 35.4 Å². The molecule has 1 aliphatic heterocycles. The van der Waals surface area contributed by atoms with Crippen molar-refractivity contribution in [3.63, 3.8) is 0 Å². The molecule has 98 valence electrons. The van der Waals surface area contributed by atoms with Gasteiger partial charge in [0, 0.05) is 12.1 Å². The molecule has 1 aromatic carbocycles. The summed E-state index contributed by atoms with van der Waals surface area (Å²) in [6.45, 7) is 0.561. The lowest BCUT2D eigenvalue weighted by atomic mass is 10.1. The molecule has 0 saturated carbocycles. The van der Waals surface area contributed by atoms with Gasteiger partial charge in [0.05, 0.1) is 24.8 Å². The highest BCUT2D eigenvalue weighted by atomic mass is 16.5. The summed E-state index contributed by atoms with van der Waals surface area (Å²) in [6.07, 6.45) is -0.989. The van der Waals surface area contributed by atoms with Crippen molar-refractivity contribution in [1.29, 1.82) is 5.26 Å². The van der Waals surface area contributed by atoms with Crippen molar-refractivity contribution in [3.8, 4) is 6.07 Å². The van der Waals surface area contributed by atoms with Crippen molar-refractivity contribution in [1.82, 2.24) is 4.90 Å². The summed E-state index contributed by atoms with van der Waals surface area (Å²) in [5, 5.41) is 17.7. The van der Waals surface area contributed by atoms with E-state index in [-0.39, 0.29) is 19.1 Å². The summed E-state index contributed by atoms with van der Waals surface area (Å²) in [4.78, 5) is 24.5. The Hall–Kier alpha value is -2.39. The number of carbonyl (C=O) groups excluding carboxylic acids is 1. The summed E-state index contributed by atoms with van der Waals surface area (Å²) < 4.78 is 5.05. The predicted molar refractivity (Wildman–Crippen MR) is 64.4 cm³/mol. The minimum Gasteiger partial charge on any atom is -0.479 e. The first-order valence-electron chi connectivity index (χ1n) is 5.75. The summed E-state index contributed by atoms with van der Waals surface area (Å²) in [5.41, 5.74) is 0.777. The van der Waals surface area contributed by atoms with Crippen molar-refractivity contribution >= 4 is 11.9 Å². The molecule has 1 aliphatic rings. The highest BCUT2D eigenvalue weighted by molar-refractivity contribution is 5.95. The Labute approximate surface area is 109 Å². The predicted octanol–water partition coefficient (Wildman–Crippen LogP) is 0.484. The number of morpholine rings is 1. The molecule has 1 aromatic rings. The van der Waals surface area contributed by atoms with E-state index in [1.165, 1.54) is 11.0 Å². The van der Waals surface area contributed by atoms with Gasteiger partial charge in [-0.25, -0.2) is 4.79 Å². The number of rotatable bonds is 2. The van der Waals surface area contributed by atoms with E-state index in [1.807, 2.05) is 6.07 Å². The Kier molecular flexibility index (Phi) is 3.78. The fourth-order valence-corrected chi connectivity index (χ4v) is 1.89. The zero-order valence-electron chi connectivity index (χ0n) is 10.1. The molecule has 0 spiro atoms. The summed E-state index contributed by atoms with van der Waals surface area (Å²) >= 11 is 0. The normalized spacial score (nSPS) is 18.7. The number of carboxylic acids is 1. The Morgan fingerprint density at radius 3 is 2.95 bits per heavy atom. The first-order chi connectivity index (χ1) is 9.11. The van der Waals surface area contributed by atoms with Crippen LogP contribution in [-0.2, 0) is 9.53 Å². The van der Waals surface area contributed by atoms with E-state index < -0.39 is 12.1 Å². The van der Waals surface area contributed by atoms with Gasteiger partial charge in [0.1, 0.15) is 0 Å². The molecule has 0 bridgehead atoms. The molecule has 0 aromatic heterocycles. The molecule has 2 rings (SSSR count). The number of hydrogen-bond acceptors (Lipinski definition) is 4. The molecule has 6 heteroatoms. The maximum Gasteiger partial charge on any atom is 0.334 e. The van der Waals surface area contributed by atoms with Gasteiger partial charge < -0.3 is 14.7 Å². The second-order valence-electron chi connectivity index (χ2n) is 4.14. The zero-order chi connectivity index (χ0) is 13.8. The fraction of sp³-hybridized carbons (Fsp3) is 0.308. The van der Waals surface area contributed by atoms with E-state index >= 15 is 0 Å². The van der Waals surface area contributed by atoms with Crippen LogP contribution in [0, 0.1) is 11.3 Å². The van der Waals surface area contributed by atoms with Gasteiger partial charge >= 0.3 is 5.97 Å². The SMILES string of the molecule is N#Cc1cccc(C(=O)N2CCOC(C(=O)O)C2)c1. The standard InChI is InChI=1S/C13H12N2O4/c14-7-9-2-1-3-10(6-9)12(16)15-4-5-19-11(8-15)13(17)18/h1-3,6,11H,4-5,8H2,(H,17,18). The molecule has 1 fully saturated rings. The number of carbonyl (C=O) groups is 2.